The Morgan fingerprint density at radius 3 is 2.65 bits per heavy atom. The molecule has 0 aliphatic carbocycles. The third kappa shape index (κ3) is 2.98. The first kappa shape index (κ1) is 15.3. The summed E-state index contributed by atoms with van der Waals surface area (Å²) in [5.74, 6) is -0.424. The van der Waals surface area contributed by atoms with Gasteiger partial charge in [0.1, 0.15) is 0 Å². The molecule has 23 heavy (non-hydrogen) atoms. The maximum absolute atomic E-state index is 12.3. The van der Waals surface area contributed by atoms with Crippen LogP contribution < -0.4 is 5.56 Å². The highest BCUT2D eigenvalue weighted by atomic mass is 35.5. The van der Waals surface area contributed by atoms with E-state index in [9.17, 15) is 9.59 Å². The molecule has 3 rings (SSSR count). The van der Waals surface area contributed by atoms with Crippen LogP contribution in [0.5, 0.6) is 0 Å². The fourth-order valence-electron chi connectivity index (χ4n) is 2.56. The van der Waals surface area contributed by atoms with E-state index in [0.717, 1.165) is 10.9 Å². The summed E-state index contributed by atoms with van der Waals surface area (Å²) in [6.45, 7) is 0.266. The molecule has 0 N–H and O–H groups in total. The SMILES string of the molecule is COC(=O)c1ccccc1Cn1c(=O)ccc2ccc(Cl)cc21. The molecule has 5 heteroatoms. The number of halogens is 1. The van der Waals surface area contributed by atoms with Gasteiger partial charge in [-0.2, -0.15) is 0 Å². The number of esters is 1. The lowest BCUT2D eigenvalue weighted by molar-refractivity contribution is 0.0599. The maximum atomic E-state index is 12.3. The number of hydrogen-bond acceptors (Lipinski definition) is 3. The first-order valence-electron chi connectivity index (χ1n) is 7.05. The second-order valence-corrected chi connectivity index (χ2v) is 5.55. The minimum atomic E-state index is -0.424. The summed E-state index contributed by atoms with van der Waals surface area (Å²) in [5.41, 5.74) is 1.74. The van der Waals surface area contributed by atoms with Gasteiger partial charge in [-0.25, -0.2) is 4.79 Å². The summed E-state index contributed by atoms with van der Waals surface area (Å²) in [4.78, 5) is 24.2. The molecule has 1 aromatic heterocycles. The van der Waals surface area contributed by atoms with Gasteiger partial charge in [0.2, 0.25) is 0 Å². The summed E-state index contributed by atoms with van der Waals surface area (Å²) in [7, 11) is 1.34. The normalized spacial score (nSPS) is 10.7. The Morgan fingerprint density at radius 1 is 1.13 bits per heavy atom. The van der Waals surface area contributed by atoms with Crippen LogP contribution in [0.1, 0.15) is 15.9 Å². The van der Waals surface area contributed by atoms with Crippen molar-refractivity contribution in [2.75, 3.05) is 7.11 Å². The van der Waals surface area contributed by atoms with Crippen LogP contribution in [0, 0.1) is 0 Å². The van der Waals surface area contributed by atoms with Crippen LogP contribution in [-0.2, 0) is 11.3 Å². The fraction of sp³-hybridized carbons (Fsp3) is 0.111. The van der Waals surface area contributed by atoms with Crippen LogP contribution in [0.3, 0.4) is 0 Å². The number of ether oxygens (including phenoxy) is 1. The first-order chi connectivity index (χ1) is 11.1. The third-order valence-corrected chi connectivity index (χ3v) is 3.94. The van der Waals surface area contributed by atoms with Gasteiger partial charge in [0, 0.05) is 11.1 Å². The van der Waals surface area contributed by atoms with Crippen LogP contribution in [-0.4, -0.2) is 17.6 Å². The van der Waals surface area contributed by atoms with Gasteiger partial charge < -0.3 is 9.30 Å². The van der Waals surface area contributed by atoms with Crippen molar-refractivity contribution in [2.45, 2.75) is 6.54 Å². The first-order valence-corrected chi connectivity index (χ1v) is 7.43. The van der Waals surface area contributed by atoms with E-state index in [1.54, 1.807) is 34.9 Å². The van der Waals surface area contributed by atoms with Crippen molar-refractivity contribution in [3.63, 3.8) is 0 Å². The van der Waals surface area contributed by atoms with Gasteiger partial charge >= 0.3 is 5.97 Å². The van der Waals surface area contributed by atoms with E-state index >= 15 is 0 Å². The molecule has 0 bridgehead atoms. The lowest BCUT2D eigenvalue weighted by atomic mass is 10.1. The van der Waals surface area contributed by atoms with Gasteiger partial charge in [-0.05, 0) is 35.2 Å². The quantitative estimate of drug-likeness (QED) is 0.692. The Hall–Kier alpha value is -2.59. The van der Waals surface area contributed by atoms with Crippen molar-refractivity contribution in [1.82, 2.24) is 4.57 Å². The standard InChI is InChI=1S/C18H14ClNO3/c1-23-18(22)15-5-3-2-4-13(15)11-20-16-10-14(19)8-6-12(16)7-9-17(20)21/h2-10H,11H2,1H3. The highest BCUT2D eigenvalue weighted by Crippen LogP contribution is 2.20. The van der Waals surface area contributed by atoms with Crippen molar-refractivity contribution in [1.29, 1.82) is 0 Å². The monoisotopic (exact) mass is 327 g/mol. The second-order valence-electron chi connectivity index (χ2n) is 5.11. The van der Waals surface area contributed by atoms with Crippen molar-refractivity contribution >= 4 is 28.5 Å². The zero-order valence-electron chi connectivity index (χ0n) is 12.5. The van der Waals surface area contributed by atoms with Gasteiger partial charge in [-0.3, -0.25) is 4.79 Å². The molecular formula is C18H14ClNO3. The maximum Gasteiger partial charge on any atom is 0.338 e. The number of carbonyl (C=O) groups excluding carboxylic acids is 1. The number of methoxy groups -OCH3 is 1. The van der Waals surface area contributed by atoms with Gasteiger partial charge in [0.15, 0.2) is 0 Å². The number of benzene rings is 2. The van der Waals surface area contributed by atoms with E-state index in [0.29, 0.717) is 16.1 Å². The Morgan fingerprint density at radius 2 is 1.87 bits per heavy atom. The molecular weight excluding hydrogens is 314 g/mol. The topological polar surface area (TPSA) is 48.3 Å². The van der Waals surface area contributed by atoms with E-state index in [1.807, 2.05) is 18.2 Å². The van der Waals surface area contributed by atoms with Gasteiger partial charge in [0.25, 0.3) is 5.56 Å². The lowest BCUT2D eigenvalue weighted by Crippen LogP contribution is -2.21. The molecule has 1 heterocycles. The molecule has 116 valence electrons. The number of pyridine rings is 1. The molecule has 3 aromatic rings. The molecule has 4 nitrogen and oxygen atoms in total. The highest BCUT2D eigenvalue weighted by Gasteiger charge is 2.13. The zero-order valence-corrected chi connectivity index (χ0v) is 13.2. The number of aromatic nitrogens is 1. The Kier molecular flexibility index (Phi) is 4.17. The summed E-state index contributed by atoms with van der Waals surface area (Å²) in [6, 6.07) is 15.7. The average Bonchev–Trinajstić information content (AvgIpc) is 2.57. The summed E-state index contributed by atoms with van der Waals surface area (Å²) in [5, 5.41) is 1.46. The fourth-order valence-corrected chi connectivity index (χ4v) is 2.73. The van der Waals surface area contributed by atoms with Crippen molar-refractivity contribution in [3.8, 4) is 0 Å². The smallest absolute Gasteiger partial charge is 0.338 e. The van der Waals surface area contributed by atoms with E-state index in [1.165, 1.54) is 13.2 Å². The van der Waals surface area contributed by atoms with E-state index in [4.69, 9.17) is 16.3 Å². The summed E-state index contributed by atoms with van der Waals surface area (Å²) in [6.07, 6.45) is 0. The number of carbonyl (C=O) groups is 1. The van der Waals surface area contributed by atoms with Crippen LogP contribution >= 0.6 is 11.6 Å². The van der Waals surface area contributed by atoms with E-state index < -0.39 is 5.97 Å². The molecule has 2 aromatic carbocycles. The van der Waals surface area contributed by atoms with Crippen LogP contribution in [0.2, 0.25) is 5.02 Å². The van der Waals surface area contributed by atoms with Crippen LogP contribution in [0.25, 0.3) is 10.9 Å². The molecule has 0 radical (unpaired) electrons. The summed E-state index contributed by atoms with van der Waals surface area (Å²) < 4.78 is 6.40. The number of nitrogens with zero attached hydrogens (tertiary/aromatic N) is 1. The third-order valence-electron chi connectivity index (χ3n) is 3.71. The van der Waals surface area contributed by atoms with E-state index in [-0.39, 0.29) is 12.1 Å². The van der Waals surface area contributed by atoms with Gasteiger partial charge in [0.05, 0.1) is 24.7 Å². The molecule has 0 amide bonds. The van der Waals surface area contributed by atoms with Crippen LogP contribution in [0.4, 0.5) is 0 Å². The predicted molar refractivity (Wildman–Crippen MR) is 90.1 cm³/mol. The second kappa shape index (κ2) is 6.26. The average molecular weight is 328 g/mol. The van der Waals surface area contributed by atoms with Crippen molar-refractivity contribution in [2.24, 2.45) is 0 Å². The van der Waals surface area contributed by atoms with E-state index in [2.05, 4.69) is 0 Å². The van der Waals surface area contributed by atoms with Gasteiger partial charge in [-0.15, -0.1) is 0 Å². The predicted octanol–water partition coefficient (Wildman–Crippen LogP) is 3.49. The molecule has 0 spiro atoms. The zero-order chi connectivity index (χ0) is 16.4. The Bertz CT molecular complexity index is 946. The molecule has 0 unspecified atom stereocenters. The Labute approximate surface area is 137 Å². The minimum absolute atomic E-state index is 0.153. The number of fused-ring (bicyclic) bond motifs is 1. The van der Waals surface area contributed by atoms with Crippen molar-refractivity contribution < 1.29 is 9.53 Å². The molecule has 0 saturated carbocycles. The highest BCUT2D eigenvalue weighted by molar-refractivity contribution is 6.31. The number of rotatable bonds is 3. The summed E-state index contributed by atoms with van der Waals surface area (Å²) >= 11 is 6.06. The molecule has 0 atom stereocenters. The molecule has 0 saturated heterocycles. The largest absolute Gasteiger partial charge is 0.465 e. The van der Waals surface area contributed by atoms with Gasteiger partial charge in [-0.1, -0.05) is 35.9 Å². The minimum Gasteiger partial charge on any atom is -0.465 e. The number of hydrogen-bond donors (Lipinski definition) is 0. The Balaban J connectivity index is 2.16. The molecule has 0 fully saturated rings. The molecule has 0 aliphatic heterocycles. The van der Waals surface area contributed by atoms with Crippen LogP contribution in [0.15, 0.2) is 59.4 Å². The van der Waals surface area contributed by atoms with Crippen molar-refractivity contribution in [3.05, 3.63) is 81.1 Å². The molecule has 0 aliphatic rings. The lowest BCUT2D eigenvalue weighted by Gasteiger charge is -2.13.